The second-order valence-electron chi connectivity index (χ2n) is 4.47. The first-order valence-corrected chi connectivity index (χ1v) is 5.86. The molecular weight excluding hydrogens is 184 g/mol. The van der Waals surface area contributed by atoms with Crippen LogP contribution in [-0.2, 0) is 0 Å². The van der Waals surface area contributed by atoms with Gasteiger partial charge in [0.2, 0.25) is 0 Å². The summed E-state index contributed by atoms with van der Waals surface area (Å²) in [4.78, 5) is 0. The Hall–Kier alpha value is -1.02. The Morgan fingerprint density at radius 1 is 1.20 bits per heavy atom. The summed E-state index contributed by atoms with van der Waals surface area (Å²) in [7, 11) is 0. The van der Waals surface area contributed by atoms with Gasteiger partial charge in [-0.2, -0.15) is 0 Å². The van der Waals surface area contributed by atoms with E-state index in [9.17, 15) is 0 Å². The van der Waals surface area contributed by atoms with Gasteiger partial charge in [0.05, 0.1) is 0 Å². The van der Waals surface area contributed by atoms with Crippen LogP contribution in [0.3, 0.4) is 0 Å². The molecule has 2 heteroatoms. The average molecular weight is 204 g/mol. The highest BCUT2D eigenvalue weighted by atomic mass is 14.9. The van der Waals surface area contributed by atoms with Crippen LogP contribution in [0.2, 0.25) is 0 Å². The summed E-state index contributed by atoms with van der Waals surface area (Å²) >= 11 is 0. The van der Waals surface area contributed by atoms with Gasteiger partial charge in [-0.25, -0.2) is 0 Å². The number of hydrogen-bond acceptors (Lipinski definition) is 2. The minimum Gasteiger partial charge on any atom is -0.384 e. The first kappa shape index (κ1) is 10.5. The number of nitrogens with one attached hydrogen (secondary N) is 2. The standard InChI is InChI=1S/C13H20N2/c1-11-9-12(11)10-14-7-8-15-13-5-3-2-4-6-13/h2-6,11-12,14-15H,7-10H2,1H3. The molecule has 0 saturated heterocycles. The van der Waals surface area contributed by atoms with Gasteiger partial charge < -0.3 is 10.6 Å². The third kappa shape index (κ3) is 3.56. The number of rotatable bonds is 6. The Labute approximate surface area is 92.1 Å². The van der Waals surface area contributed by atoms with Crippen molar-refractivity contribution in [2.24, 2.45) is 11.8 Å². The maximum atomic E-state index is 3.49. The van der Waals surface area contributed by atoms with Gasteiger partial charge in [0.1, 0.15) is 0 Å². The van der Waals surface area contributed by atoms with Crippen LogP contribution in [0.4, 0.5) is 5.69 Å². The SMILES string of the molecule is CC1CC1CNCCNc1ccccc1. The summed E-state index contributed by atoms with van der Waals surface area (Å²) in [6, 6.07) is 10.4. The van der Waals surface area contributed by atoms with E-state index in [1.54, 1.807) is 0 Å². The molecule has 15 heavy (non-hydrogen) atoms. The predicted molar refractivity (Wildman–Crippen MR) is 65.1 cm³/mol. The summed E-state index contributed by atoms with van der Waals surface area (Å²) in [6.45, 7) is 5.58. The molecule has 2 atom stereocenters. The highest BCUT2D eigenvalue weighted by Crippen LogP contribution is 2.36. The largest absolute Gasteiger partial charge is 0.384 e. The zero-order chi connectivity index (χ0) is 10.5. The third-order valence-electron chi connectivity index (χ3n) is 3.09. The van der Waals surface area contributed by atoms with Crippen molar-refractivity contribution in [1.29, 1.82) is 0 Å². The Morgan fingerprint density at radius 2 is 1.93 bits per heavy atom. The van der Waals surface area contributed by atoms with Gasteiger partial charge in [-0.1, -0.05) is 25.1 Å². The van der Waals surface area contributed by atoms with Gasteiger partial charge in [0, 0.05) is 18.8 Å². The van der Waals surface area contributed by atoms with Crippen molar-refractivity contribution in [2.75, 3.05) is 25.0 Å². The van der Waals surface area contributed by atoms with Gasteiger partial charge in [-0.3, -0.25) is 0 Å². The molecule has 0 heterocycles. The third-order valence-corrected chi connectivity index (χ3v) is 3.09. The smallest absolute Gasteiger partial charge is 0.0340 e. The summed E-state index contributed by atoms with van der Waals surface area (Å²) < 4.78 is 0. The fourth-order valence-electron chi connectivity index (χ4n) is 1.82. The van der Waals surface area contributed by atoms with E-state index in [1.165, 1.54) is 18.7 Å². The molecule has 1 aliphatic rings. The monoisotopic (exact) mass is 204 g/mol. The number of hydrogen-bond donors (Lipinski definition) is 2. The van der Waals surface area contributed by atoms with Crippen LogP contribution >= 0.6 is 0 Å². The molecule has 1 aromatic carbocycles. The highest BCUT2D eigenvalue weighted by Gasteiger charge is 2.31. The van der Waals surface area contributed by atoms with E-state index in [0.29, 0.717) is 0 Å². The molecule has 0 spiro atoms. The Bertz CT molecular complexity index is 284. The second-order valence-corrected chi connectivity index (χ2v) is 4.47. The molecule has 2 rings (SSSR count). The van der Waals surface area contributed by atoms with Crippen LogP contribution in [0.25, 0.3) is 0 Å². The van der Waals surface area contributed by atoms with E-state index >= 15 is 0 Å². The zero-order valence-electron chi connectivity index (χ0n) is 9.37. The van der Waals surface area contributed by atoms with Gasteiger partial charge >= 0.3 is 0 Å². The van der Waals surface area contributed by atoms with Crippen molar-refractivity contribution in [1.82, 2.24) is 5.32 Å². The lowest BCUT2D eigenvalue weighted by atomic mass is 10.3. The van der Waals surface area contributed by atoms with E-state index in [2.05, 4.69) is 41.8 Å². The Kier molecular flexibility index (Phi) is 3.62. The zero-order valence-corrected chi connectivity index (χ0v) is 9.37. The van der Waals surface area contributed by atoms with E-state index in [-0.39, 0.29) is 0 Å². The van der Waals surface area contributed by atoms with Crippen molar-refractivity contribution in [3.63, 3.8) is 0 Å². The van der Waals surface area contributed by atoms with E-state index in [1.807, 2.05) is 6.07 Å². The lowest BCUT2D eigenvalue weighted by Gasteiger charge is -2.07. The Morgan fingerprint density at radius 3 is 2.60 bits per heavy atom. The van der Waals surface area contributed by atoms with Crippen molar-refractivity contribution >= 4 is 5.69 Å². The fraction of sp³-hybridized carbons (Fsp3) is 0.538. The molecule has 0 aromatic heterocycles. The molecule has 1 saturated carbocycles. The van der Waals surface area contributed by atoms with Crippen LogP contribution < -0.4 is 10.6 Å². The van der Waals surface area contributed by atoms with E-state index < -0.39 is 0 Å². The molecule has 0 bridgehead atoms. The molecule has 82 valence electrons. The van der Waals surface area contributed by atoms with Gasteiger partial charge in [-0.05, 0) is 36.9 Å². The normalized spacial score (nSPS) is 23.8. The van der Waals surface area contributed by atoms with Crippen LogP contribution in [-0.4, -0.2) is 19.6 Å². The van der Waals surface area contributed by atoms with E-state index in [4.69, 9.17) is 0 Å². The Balaban J connectivity index is 1.52. The second kappa shape index (κ2) is 5.17. The molecule has 2 unspecified atom stereocenters. The molecule has 1 aromatic rings. The topological polar surface area (TPSA) is 24.1 Å². The first-order chi connectivity index (χ1) is 7.36. The minimum atomic E-state index is 0.946. The molecular formula is C13H20N2. The average Bonchev–Trinajstić information content (AvgIpc) is 2.96. The molecule has 1 aliphatic carbocycles. The molecule has 0 radical (unpaired) electrons. The first-order valence-electron chi connectivity index (χ1n) is 5.86. The van der Waals surface area contributed by atoms with Gasteiger partial charge in [0.25, 0.3) is 0 Å². The molecule has 2 nitrogen and oxygen atoms in total. The number of para-hydroxylation sites is 1. The van der Waals surface area contributed by atoms with Crippen molar-refractivity contribution in [3.05, 3.63) is 30.3 Å². The van der Waals surface area contributed by atoms with Crippen molar-refractivity contribution in [2.45, 2.75) is 13.3 Å². The summed E-state index contributed by atoms with van der Waals surface area (Å²) in [5.74, 6) is 1.90. The molecule has 2 N–H and O–H groups in total. The summed E-state index contributed by atoms with van der Waals surface area (Å²) in [5.41, 5.74) is 1.21. The quantitative estimate of drug-likeness (QED) is 0.695. The van der Waals surface area contributed by atoms with Crippen LogP contribution in [0, 0.1) is 11.8 Å². The molecule has 1 fully saturated rings. The van der Waals surface area contributed by atoms with Crippen molar-refractivity contribution < 1.29 is 0 Å². The van der Waals surface area contributed by atoms with Crippen LogP contribution in [0.5, 0.6) is 0 Å². The summed E-state index contributed by atoms with van der Waals surface area (Å²) in [5, 5.41) is 6.87. The lowest BCUT2D eigenvalue weighted by Crippen LogP contribution is -2.24. The number of benzene rings is 1. The molecule has 0 amide bonds. The maximum Gasteiger partial charge on any atom is 0.0340 e. The van der Waals surface area contributed by atoms with Crippen LogP contribution in [0.1, 0.15) is 13.3 Å². The van der Waals surface area contributed by atoms with Crippen molar-refractivity contribution in [3.8, 4) is 0 Å². The van der Waals surface area contributed by atoms with Gasteiger partial charge in [-0.15, -0.1) is 0 Å². The predicted octanol–water partition coefficient (Wildman–Crippen LogP) is 2.34. The maximum absolute atomic E-state index is 3.49. The van der Waals surface area contributed by atoms with Gasteiger partial charge in [0.15, 0.2) is 0 Å². The fourth-order valence-corrected chi connectivity index (χ4v) is 1.82. The van der Waals surface area contributed by atoms with Crippen LogP contribution in [0.15, 0.2) is 30.3 Å². The van der Waals surface area contributed by atoms with E-state index in [0.717, 1.165) is 24.9 Å². The lowest BCUT2D eigenvalue weighted by molar-refractivity contribution is 0.622. The number of anilines is 1. The summed E-state index contributed by atoms with van der Waals surface area (Å²) in [6.07, 6.45) is 1.42. The highest BCUT2D eigenvalue weighted by molar-refractivity contribution is 5.42. The minimum absolute atomic E-state index is 0.946. The molecule has 0 aliphatic heterocycles.